The number of aromatic amines is 1. The molecule has 24 heavy (non-hydrogen) atoms. The maximum Gasteiger partial charge on any atom is 0.203 e. The molecule has 5 nitrogen and oxygen atoms in total. The monoisotopic (exact) mass is 521 g/mol. The Morgan fingerprint density at radius 3 is 2.33 bits per heavy atom. The van der Waals surface area contributed by atoms with Crippen LogP contribution in [-0.4, -0.2) is 73.1 Å². The van der Waals surface area contributed by atoms with Gasteiger partial charge in [0.2, 0.25) is 5.95 Å². The van der Waals surface area contributed by atoms with Crippen LogP contribution < -0.4 is 4.90 Å². The highest BCUT2D eigenvalue weighted by atomic mass is 79.9. The van der Waals surface area contributed by atoms with Crippen molar-refractivity contribution >= 4 is 64.8 Å². The standard InChI is InChI=1S/C16H22Br3N5/c1-10-11(17)13(19)15-14(12(10)18)20-16(21-15)24-8-6-23(7-9-24)5-4-22(2)3/h4-9H2,1-3H3,(H,20,21). The van der Waals surface area contributed by atoms with E-state index in [4.69, 9.17) is 4.98 Å². The number of aromatic nitrogens is 2. The molecule has 0 spiro atoms. The lowest BCUT2D eigenvalue weighted by atomic mass is 10.2. The number of likely N-dealkylation sites (N-methyl/N-ethyl adjacent to an activating group) is 1. The predicted molar refractivity (Wildman–Crippen MR) is 111 cm³/mol. The third-order valence-electron chi connectivity index (χ3n) is 4.51. The second-order valence-corrected chi connectivity index (χ2v) is 8.86. The number of nitrogens with zero attached hydrogens (tertiary/aromatic N) is 4. The van der Waals surface area contributed by atoms with Gasteiger partial charge >= 0.3 is 0 Å². The van der Waals surface area contributed by atoms with Gasteiger partial charge in [-0.3, -0.25) is 4.90 Å². The fraction of sp³-hybridized carbons (Fsp3) is 0.562. The molecule has 0 amide bonds. The van der Waals surface area contributed by atoms with Crippen molar-refractivity contribution in [3.63, 3.8) is 0 Å². The van der Waals surface area contributed by atoms with E-state index in [9.17, 15) is 0 Å². The van der Waals surface area contributed by atoms with Gasteiger partial charge in [-0.25, -0.2) is 4.98 Å². The number of hydrogen-bond acceptors (Lipinski definition) is 4. The summed E-state index contributed by atoms with van der Waals surface area (Å²) in [5.41, 5.74) is 3.18. The topological polar surface area (TPSA) is 38.4 Å². The van der Waals surface area contributed by atoms with Crippen LogP contribution in [0.5, 0.6) is 0 Å². The molecule has 1 saturated heterocycles. The SMILES string of the molecule is Cc1c(Br)c(Br)c2nc(N3CCN(CCN(C)C)CC3)[nH]c2c1Br. The molecule has 0 aliphatic carbocycles. The lowest BCUT2D eigenvalue weighted by Crippen LogP contribution is -2.48. The minimum Gasteiger partial charge on any atom is -0.340 e. The van der Waals surface area contributed by atoms with Crippen LogP contribution in [-0.2, 0) is 0 Å². The molecule has 8 heteroatoms. The smallest absolute Gasteiger partial charge is 0.203 e. The van der Waals surface area contributed by atoms with Crippen molar-refractivity contribution < 1.29 is 0 Å². The van der Waals surface area contributed by atoms with Gasteiger partial charge in [0.15, 0.2) is 0 Å². The van der Waals surface area contributed by atoms with Gasteiger partial charge < -0.3 is 14.8 Å². The number of piperazine rings is 1. The zero-order chi connectivity index (χ0) is 17.4. The molecule has 0 unspecified atom stereocenters. The number of benzene rings is 1. The van der Waals surface area contributed by atoms with Crippen molar-refractivity contribution in [3.05, 3.63) is 19.0 Å². The van der Waals surface area contributed by atoms with Gasteiger partial charge in [0.25, 0.3) is 0 Å². The molecule has 1 fully saturated rings. The van der Waals surface area contributed by atoms with Crippen LogP contribution in [0, 0.1) is 6.92 Å². The lowest BCUT2D eigenvalue weighted by molar-refractivity contribution is 0.229. The van der Waals surface area contributed by atoms with Crippen LogP contribution in [0.4, 0.5) is 5.95 Å². The summed E-state index contributed by atoms with van der Waals surface area (Å²) < 4.78 is 3.12. The van der Waals surface area contributed by atoms with E-state index in [1.807, 2.05) is 0 Å². The van der Waals surface area contributed by atoms with Crippen molar-refractivity contribution in [1.82, 2.24) is 19.8 Å². The van der Waals surface area contributed by atoms with Crippen LogP contribution in [0.2, 0.25) is 0 Å². The Bertz CT molecular complexity index is 690. The van der Waals surface area contributed by atoms with E-state index in [1.54, 1.807) is 0 Å². The average molecular weight is 524 g/mol. The zero-order valence-electron chi connectivity index (χ0n) is 14.2. The second kappa shape index (κ2) is 7.61. The Balaban J connectivity index is 1.77. The number of imidazole rings is 1. The van der Waals surface area contributed by atoms with Crippen LogP contribution in [0.15, 0.2) is 13.4 Å². The van der Waals surface area contributed by atoms with Crippen molar-refractivity contribution in [3.8, 4) is 0 Å². The molecule has 1 aromatic carbocycles. The van der Waals surface area contributed by atoms with Crippen LogP contribution >= 0.6 is 47.8 Å². The molecular weight excluding hydrogens is 502 g/mol. The van der Waals surface area contributed by atoms with Gasteiger partial charge in [-0.1, -0.05) is 0 Å². The third-order valence-corrected chi connectivity index (χ3v) is 7.79. The van der Waals surface area contributed by atoms with E-state index in [0.717, 1.165) is 75.2 Å². The molecule has 1 aliphatic heterocycles. The van der Waals surface area contributed by atoms with Crippen LogP contribution in [0.3, 0.4) is 0 Å². The fourth-order valence-corrected chi connectivity index (χ4v) is 4.63. The molecule has 3 rings (SSSR count). The van der Waals surface area contributed by atoms with E-state index in [1.165, 1.54) is 0 Å². The Kier molecular flexibility index (Phi) is 5.91. The summed E-state index contributed by atoms with van der Waals surface area (Å²) in [6.45, 7) is 8.49. The van der Waals surface area contributed by atoms with Gasteiger partial charge in [-0.2, -0.15) is 0 Å². The summed E-state index contributed by atoms with van der Waals surface area (Å²) in [6.07, 6.45) is 0. The van der Waals surface area contributed by atoms with E-state index in [2.05, 4.69) is 88.5 Å². The summed E-state index contributed by atoms with van der Waals surface area (Å²) in [5.74, 6) is 0.955. The summed E-state index contributed by atoms with van der Waals surface area (Å²) in [5, 5.41) is 0. The first-order valence-corrected chi connectivity index (χ1v) is 10.4. The maximum atomic E-state index is 4.83. The Hall–Kier alpha value is -0.150. The first-order valence-electron chi connectivity index (χ1n) is 8.03. The molecule has 0 saturated carbocycles. The highest BCUT2D eigenvalue weighted by Crippen LogP contribution is 2.39. The Morgan fingerprint density at radius 1 is 1.04 bits per heavy atom. The van der Waals surface area contributed by atoms with E-state index >= 15 is 0 Å². The van der Waals surface area contributed by atoms with E-state index in [-0.39, 0.29) is 0 Å². The van der Waals surface area contributed by atoms with E-state index < -0.39 is 0 Å². The Labute approximate surface area is 168 Å². The molecule has 0 atom stereocenters. The zero-order valence-corrected chi connectivity index (χ0v) is 18.9. The number of H-pyrrole nitrogens is 1. The molecule has 1 aromatic heterocycles. The summed E-state index contributed by atoms with van der Waals surface area (Å²) in [4.78, 5) is 15.4. The number of anilines is 1. The number of hydrogen-bond donors (Lipinski definition) is 1. The quantitative estimate of drug-likeness (QED) is 0.618. The second-order valence-electron chi connectivity index (χ2n) is 6.48. The molecule has 0 radical (unpaired) electrons. The largest absolute Gasteiger partial charge is 0.340 e. The summed E-state index contributed by atoms with van der Waals surface area (Å²) in [6, 6.07) is 0. The first-order chi connectivity index (χ1) is 11.4. The number of nitrogens with one attached hydrogen (secondary N) is 1. The molecule has 1 aliphatic rings. The van der Waals surface area contributed by atoms with Gasteiger partial charge in [0.1, 0.15) is 5.52 Å². The maximum absolute atomic E-state index is 4.83. The number of fused-ring (bicyclic) bond motifs is 1. The lowest BCUT2D eigenvalue weighted by Gasteiger charge is -2.35. The average Bonchev–Trinajstić information content (AvgIpc) is 3.02. The van der Waals surface area contributed by atoms with Gasteiger partial charge in [0, 0.05) is 48.2 Å². The van der Waals surface area contributed by atoms with Crippen LogP contribution in [0.1, 0.15) is 5.56 Å². The predicted octanol–water partition coefficient (Wildman–Crippen LogP) is 3.84. The highest BCUT2D eigenvalue weighted by molar-refractivity contribution is 9.13. The summed E-state index contributed by atoms with van der Waals surface area (Å²) in [7, 11) is 4.25. The van der Waals surface area contributed by atoms with Crippen LogP contribution in [0.25, 0.3) is 11.0 Å². The first kappa shape index (κ1) is 18.6. The molecule has 0 bridgehead atoms. The summed E-state index contributed by atoms with van der Waals surface area (Å²) >= 11 is 11.0. The van der Waals surface area contributed by atoms with E-state index in [0.29, 0.717) is 0 Å². The van der Waals surface area contributed by atoms with Crippen molar-refractivity contribution in [2.24, 2.45) is 0 Å². The van der Waals surface area contributed by atoms with Crippen molar-refractivity contribution in [2.75, 3.05) is 58.3 Å². The van der Waals surface area contributed by atoms with Gasteiger partial charge in [0.05, 0.1) is 9.99 Å². The number of halogens is 3. The molecule has 2 aromatic rings. The molecule has 2 heterocycles. The highest BCUT2D eigenvalue weighted by Gasteiger charge is 2.22. The number of rotatable bonds is 4. The fourth-order valence-electron chi connectivity index (χ4n) is 2.91. The van der Waals surface area contributed by atoms with Gasteiger partial charge in [-0.15, -0.1) is 0 Å². The molecular formula is C16H22Br3N5. The van der Waals surface area contributed by atoms with Crippen molar-refractivity contribution in [2.45, 2.75) is 6.92 Å². The minimum absolute atomic E-state index is 0.955. The molecule has 132 valence electrons. The normalized spacial score (nSPS) is 16.5. The molecule has 1 N–H and O–H groups in total. The van der Waals surface area contributed by atoms with Crippen molar-refractivity contribution in [1.29, 1.82) is 0 Å². The Morgan fingerprint density at radius 2 is 1.71 bits per heavy atom. The van der Waals surface area contributed by atoms with Gasteiger partial charge in [-0.05, 0) is 74.4 Å². The minimum atomic E-state index is 0.955. The third kappa shape index (κ3) is 3.67.